The number of carbonyl (C=O) groups excluding carboxylic acids is 1. The Bertz CT molecular complexity index is 623. The van der Waals surface area contributed by atoms with Gasteiger partial charge in [0, 0.05) is 19.3 Å². The molecule has 0 aliphatic carbocycles. The van der Waals surface area contributed by atoms with E-state index in [9.17, 15) is 13.6 Å². The Hall–Kier alpha value is -2.39. The van der Waals surface area contributed by atoms with Gasteiger partial charge in [-0.1, -0.05) is 5.10 Å². The van der Waals surface area contributed by atoms with E-state index in [4.69, 9.17) is 0 Å². The highest BCUT2D eigenvalue weighted by molar-refractivity contribution is 6.04. The maximum atomic E-state index is 12.5. The minimum Gasteiger partial charge on any atom is -0.274 e. The molecule has 0 fully saturated rings. The lowest BCUT2D eigenvalue weighted by Gasteiger charge is -2.25. The summed E-state index contributed by atoms with van der Waals surface area (Å²) in [6.07, 6.45) is -0.553. The third-order valence-electron chi connectivity index (χ3n) is 3.00. The lowest BCUT2D eigenvalue weighted by molar-refractivity contribution is 0.0949. The Balaban J connectivity index is 1.89. The van der Waals surface area contributed by atoms with E-state index in [1.54, 1.807) is 0 Å². The molecule has 2 aromatic rings. The van der Waals surface area contributed by atoms with E-state index in [2.05, 4.69) is 20.6 Å². The number of amides is 1. The number of hydrogen-bond acceptors (Lipinski definition) is 5. The second kappa shape index (κ2) is 4.94. The van der Waals surface area contributed by atoms with Gasteiger partial charge in [0.1, 0.15) is 12.2 Å². The molecule has 1 amide bonds. The first-order valence-corrected chi connectivity index (χ1v) is 6.05. The predicted molar refractivity (Wildman–Crippen MR) is 62.3 cm³/mol. The van der Waals surface area contributed by atoms with Crippen molar-refractivity contribution in [3.05, 3.63) is 18.0 Å². The lowest BCUT2D eigenvalue weighted by atomic mass is 10.3. The highest BCUT2D eigenvalue weighted by Gasteiger charge is 2.28. The zero-order valence-corrected chi connectivity index (χ0v) is 10.4. The summed E-state index contributed by atoms with van der Waals surface area (Å²) >= 11 is 0. The van der Waals surface area contributed by atoms with Crippen molar-refractivity contribution >= 4 is 11.9 Å². The van der Waals surface area contributed by atoms with Crippen molar-refractivity contribution in [2.75, 3.05) is 11.4 Å². The van der Waals surface area contributed by atoms with Gasteiger partial charge in [0.25, 0.3) is 18.3 Å². The first-order chi connectivity index (χ1) is 9.66. The average Bonchev–Trinajstić information content (AvgIpc) is 3.05. The molecule has 1 aliphatic rings. The Labute approximate surface area is 112 Å². The number of aryl methyl sites for hydroxylation is 1. The summed E-state index contributed by atoms with van der Waals surface area (Å²) in [5.74, 6) is -0.107. The third kappa shape index (κ3) is 2.12. The maximum absolute atomic E-state index is 12.5. The van der Waals surface area contributed by atoms with Gasteiger partial charge in [-0.25, -0.2) is 13.5 Å². The van der Waals surface area contributed by atoms with Crippen molar-refractivity contribution in [3.8, 4) is 0 Å². The Morgan fingerprint density at radius 3 is 3.05 bits per heavy atom. The van der Waals surface area contributed by atoms with Crippen LogP contribution in [0, 0.1) is 0 Å². The number of hydrogen-bond donors (Lipinski definition) is 0. The van der Waals surface area contributed by atoms with Gasteiger partial charge in [-0.05, 0) is 22.9 Å². The molecule has 0 spiro atoms. The van der Waals surface area contributed by atoms with Crippen LogP contribution in [0.1, 0.15) is 16.9 Å². The highest BCUT2D eigenvalue weighted by Crippen LogP contribution is 2.18. The molecule has 0 atom stereocenters. The number of aromatic nitrogens is 6. The largest absolute Gasteiger partial charge is 0.278 e. The van der Waals surface area contributed by atoms with Crippen LogP contribution in [0.25, 0.3) is 0 Å². The molecule has 0 saturated carbocycles. The molecular formula is C10H11F2N7O. The molecule has 0 unspecified atom stereocenters. The number of tetrazole rings is 1. The normalized spacial score (nSPS) is 14.7. The van der Waals surface area contributed by atoms with Crippen molar-refractivity contribution < 1.29 is 13.6 Å². The number of nitrogens with zero attached hydrogens (tertiary/aromatic N) is 7. The molecule has 3 heterocycles. The van der Waals surface area contributed by atoms with Crippen LogP contribution in [0.15, 0.2) is 12.3 Å². The number of carbonyl (C=O) groups is 1. The van der Waals surface area contributed by atoms with E-state index in [1.807, 2.05) is 0 Å². The van der Waals surface area contributed by atoms with E-state index < -0.39 is 18.9 Å². The third-order valence-corrected chi connectivity index (χ3v) is 3.00. The summed E-state index contributed by atoms with van der Waals surface area (Å²) in [4.78, 5) is 13.8. The van der Waals surface area contributed by atoms with Gasteiger partial charge >= 0.3 is 0 Å². The van der Waals surface area contributed by atoms with E-state index in [-0.39, 0.29) is 5.69 Å². The number of fused-ring (bicyclic) bond motifs is 1. The van der Waals surface area contributed by atoms with Crippen molar-refractivity contribution in [1.82, 2.24) is 30.0 Å². The second-order valence-corrected chi connectivity index (χ2v) is 4.30. The predicted octanol–water partition coefficient (Wildman–Crippen LogP) is 0.185. The summed E-state index contributed by atoms with van der Waals surface area (Å²) in [5.41, 5.74) is 0.0988. The molecule has 106 valence electrons. The summed E-state index contributed by atoms with van der Waals surface area (Å²) in [6.45, 7) is 0.453. The molecule has 0 N–H and O–H groups in total. The van der Waals surface area contributed by atoms with Crippen LogP contribution < -0.4 is 4.90 Å². The van der Waals surface area contributed by atoms with Crippen LogP contribution >= 0.6 is 0 Å². The highest BCUT2D eigenvalue weighted by atomic mass is 19.3. The molecule has 20 heavy (non-hydrogen) atoms. The Morgan fingerprint density at radius 1 is 1.40 bits per heavy atom. The summed E-state index contributed by atoms with van der Waals surface area (Å²) < 4.78 is 27.4. The molecule has 10 heteroatoms. The van der Waals surface area contributed by atoms with Crippen LogP contribution in [0.4, 0.5) is 14.7 Å². The van der Waals surface area contributed by atoms with E-state index in [0.29, 0.717) is 25.5 Å². The number of anilines is 1. The van der Waals surface area contributed by atoms with Crippen LogP contribution in [0.2, 0.25) is 0 Å². The minimum atomic E-state index is -2.58. The fourth-order valence-electron chi connectivity index (χ4n) is 2.14. The molecule has 1 aliphatic heterocycles. The van der Waals surface area contributed by atoms with Crippen LogP contribution in [-0.2, 0) is 13.1 Å². The second-order valence-electron chi connectivity index (χ2n) is 4.30. The first-order valence-electron chi connectivity index (χ1n) is 6.05. The zero-order chi connectivity index (χ0) is 14.1. The summed E-state index contributed by atoms with van der Waals surface area (Å²) in [5, 5.41) is 14.8. The van der Waals surface area contributed by atoms with Gasteiger partial charge in [0.15, 0.2) is 0 Å². The fraction of sp³-hybridized carbons (Fsp3) is 0.500. The quantitative estimate of drug-likeness (QED) is 0.803. The monoisotopic (exact) mass is 283 g/mol. The molecule has 0 aromatic carbocycles. The maximum Gasteiger partial charge on any atom is 0.278 e. The minimum absolute atomic E-state index is 0.0988. The number of alkyl halides is 2. The number of halogens is 2. The van der Waals surface area contributed by atoms with Crippen LogP contribution in [0.5, 0.6) is 0 Å². The first kappa shape index (κ1) is 12.6. The molecule has 0 saturated heterocycles. The van der Waals surface area contributed by atoms with Gasteiger partial charge in [-0.15, -0.1) is 0 Å². The van der Waals surface area contributed by atoms with E-state index in [1.165, 1.54) is 21.8 Å². The number of rotatable bonds is 3. The fourth-order valence-corrected chi connectivity index (χ4v) is 2.14. The van der Waals surface area contributed by atoms with Crippen molar-refractivity contribution in [2.45, 2.75) is 25.9 Å². The molecular weight excluding hydrogens is 272 g/mol. The van der Waals surface area contributed by atoms with Crippen molar-refractivity contribution in [2.24, 2.45) is 0 Å². The molecule has 0 radical (unpaired) electrons. The van der Waals surface area contributed by atoms with Gasteiger partial charge < -0.3 is 0 Å². The van der Waals surface area contributed by atoms with Gasteiger partial charge in [-0.3, -0.25) is 14.4 Å². The van der Waals surface area contributed by atoms with Crippen LogP contribution in [-0.4, -0.2) is 48.9 Å². The summed E-state index contributed by atoms with van der Waals surface area (Å²) in [6, 6.07) is 1.41. The topological polar surface area (TPSA) is 81.7 Å². The molecule has 8 nitrogen and oxygen atoms in total. The van der Waals surface area contributed by atoms with E-state index >= 15 is 0 Å². The molecule has 0 bridgehead atoms. The SMILES string of the molecule is O=C(c1ccnn1CC(F)F)N1CCCn2nnnc21. The molecule has 3 rings (SSSR count). The summed E-state index contributed by atoms with van der Waals surface area (Å²) in [7, 11) is 0. The Morgan fingerprint density at radius 2 is 2.25 bits per heavy atom. The standard InChI is InChI=1S/C10H11F2N7O/c11-8(12)6-19-7(2-3-13-19)9(20)17-4-1-5-18-10(17)14-15-16-18/h2-3,8H,1,4-6H2. The lowest BCUT2D eigenvalue weighted by Crippen LogP contribution is -2.39. The smallest absolute Gasteiger partial charge is 0.274 e. The van der Waals surface area contributed by atoms with E-state index in [0.717, 1.165) is 4.68 Å². The van der Waals surface area contributed by atoms with Crippen LogP contribution in [0.3, 0.4) is 0 Å². The van der Waals surface area contributed by atoms with Gasteiger partial charge in [0.05, 0.1) is 0 Å². The van der Waals surface area contributed by atoms with Gasteiger partial charge in [0.2, 0.25) is 0 Å². The molecule has 2 aromatic heterocycles. The average molecular weight is 283 g/mol. The zero-order valence-electron chi connectivity index (χ0n) is 10.4. The Kier molecular flexibility index (Phi) is 3.12. The van der Waals surface area contributed by atoms with Crippen molar-refractivity contribution in [1.29, 1.82) is 0 Å². The van der Waals surface area contributed by atoms with Crippen molar-refractivity contribution in [3.63, 3.8) is 0 Å². The van der Waals surface area contributed by atoms with Gasteiger partial charge in [-0.2, -0.15) is 5.10 Å².